The van der Waals surface area contributed by atoms with Crippen molar-refractivity contribution in [3.8, 4) is 11.3 Å². The van der Waals surface area contributed by atoms with Crippen LogP contribution >= 0.6 is 0 Å². The fraction of sp³-hybridized carbons (Fsp3) is 0.0769. The number of carbonyl (C=O) groups is 1. The Bertz CT molecular complexity index is 1390. The van der Waals surface area contributed by atoms with E-state index in [2.05, 4.69) is 27.5 Å². The lowest BCUT2D eigenvalue weighted by atomic mass is 10.1. The Morgan fingerprint density at radius 3 is 2.45 bits per heavy atom. The Kier molecular flexibility index (Phi) is 6.13. The Labute approximate surface area is 190 Å². The highest BCUT2D eigenvalue weighted by atomic mass is 16.2. The van der Waals surface area contributed by atoms with Gasteiger partial charge in [0.05, 0.1) is 5.69 Å². The summed E-state index contributed by atoms with van der Waals surface area (Å²) in [5.41, 5.74) is 3.04. The van der Waals surface area contributed by atoms with Crippen LogP contribution < -0.4 is 26.8 Å². The average molecular weight is 438 g/mol. The van der Waals surface area contributed by atoms with Gasteiger partial charge in [-0.1, -0.05) is 49.0 Å². The summed E-state index contributed by atoms with van der Waals surface area (Å²) in [7, 11) is 0. The number of carbonyl (C=O) groups excluding carboxylic acids is 1. The van der Waals surface area contributed by atoms with Crippen LogP contribution in [0.5, 0.6) is 0 Å². The van der Waals surface area contributed by atoms with Crippen molar-refractivity contribution in [1.29, 1.82) is 0 Å². The highest BCUT2D eigenvalue weighted by Gasteiger charge is 2.23. The Morgan fingerprint density at radius 2 is 1.70 bits per heavy atom. The van der Waals surface area contributed by atoms with Crippen LogP contribution in [-0.2, 0) is 4.79 Å². The first kappa shape index (κ1) is 21.7. The van der Waals surface area contributed by atoms with Gasteiger partial charge < -0.3 is 16.0 Å². The summed E-state index contributed by atoms with van der Waals surface area (Å²) < 4.78 is 0. The molecule has 4 rings (SSSR count). The molecular weight excluding hydrogens is 416 g/mol. The minimum atomic E-state index is -0.565. The molecule has 0 saturated carbocycles. The third-order valence-electron chi connectivity index (χ3n) is 5.21. The van der Waals surface area contributed by atoms with E-state index in [0.29, 0.717) is 17.1 Å². The summed E-state index contributed by atoms with van der Waals surface area (Å²) in [6.45, 7) is 5.38. The minimum absolute atomic E-state index is 0.142. The van der Waals surface area contributed by atoms with E-state index in [1.807, 2.05) is 43.3 Å². The zero-order valence-electron chi connectivity index (χ0n) is 18.0. The van der Waals surface area contributed by atoms with Gasteiger partial charge in [0.1, 0.15) is 11.4 Å². The van der Waals surface area contributed by atoms with Gasteiger partial charge in [0.15, 0.2) is 0 Å². The van der Waals surface area contributed by atoms with Crippen LogP contribution in [0.2, 0.25) is 0 Å². The van der Waals surface area contributed by atoms with E-state index in [4.69, 9.17) is 0 Å². The van der Waals surface area contributed by atoms with E-state index in [1.165, 1.54) is 6.08 Å². The number of pyridine rings is 1. The largest absolute Gasteiger partial charge is 0.373 e. The molecule has 7 heteroatoms. The normalized spacial score (nSPS) is 11.5. The van der Waals surface area contributed by atoms with Crippen LogP contribution in [0, 0.1) is 0 Å². The molecule has 0 spiro atoms. The molecule has 1 atom stereocenters. The van der Waals surface area contributed by atoms with Gasteiger partial charge in [0, 0.05) is 29.2 Å². The number of aromatic nitrogens is 1. The molecule has 0 unspecified atom stereocenters. The minimum Gasteiger partial charge on any atom is -0.373 e. The molecule has 3 N–H and O–H groups in total. The van der Waals surface area contributed by atoms with Gasteiger partial charge in [-0.3, -0.25) is 19.4 Å². The number of anilines is 4. The van der Waals surface area contributed by atoms with Crippen molar-refractivity contribution in [2.24, 2.45) is 0 Å². The summed E-state index contributed by atoms with van der Waals surface area (Å²) >= 11 is 0. The van der Waals surface area contributed by atoms with Gasteiger partial charge in [-0.05, 0) is 42.8 Å². The molecule has 0 radical (unpaired) electrons. The number of rotatable bonds is 8. The molecule has 1 amide bonds. The van der Waals surface area contributed by atoms with E-state index in [-0.39, 0.29) is 23.3 Å². The second-order valence-electron chi connectivity index (χ2n) is 7.51. The van der Waals surface area contributed by atoms with Gasteiger partial charge >= 0.3 is 0 Å². The zero-order chi connectivity index (χ0) is 23.4. The number of amides is 1. The lowest BCUT2D eigenvalue weighted by molar-refractivity contribution is -0.111. The highest BCUT2D eigenvalue weighted by Crippen LogP contribution is 2.28. The maximum Gasteiger partial charge on any atom is 0.253 e. The maximum absolute atomic E-state index is 12.3. The predicted octanol–water partition coefficient (Wildman–Crippen LogP) is 4.39. The lowest BCUT2D eigenvalue weighted by Gasteiger charge is -2.20. The maximum atomic E-state index is 12.3. The van der Waals surface area contributed by atoms with Crippen LogP contribution in [0.3, 0.4) is 0 Å². The van der Waals surface area contributed by atoms with Gasteiger partial charge in [-0.2, -0.15) is 0 Å². The summed E-state index contributed by atoms with van der Waals surface area (Å²) in [4.78, 5) is 40.4. The predicted molar refractivity (Wildman–Crippen MR) is 132 cm³/mol. The molecule has 33 heavy (non-hydrogen) atoms. The van der Waals surface area contributed by atoms with Crippen molar-refractivity contribution in [1.82, 2.24) is 4.98 Å². The average Bonchev–Trinajstić information content (AvgIpc) is 2.86. The number of benzene rings is 2. The number of hydrogen-bond donors (Lipinski definition) is 3. The van der Waals surface area contributed by atoms with Crippen molar-refractivity contribution in [3.63, 3.8) is 0 Å². The molecule has 0 aliphatic heterocycles. The first-order chi connectivity index (χ1) is 16.0. The van der Waals surface area contributed by atoms with Gasteiger partial charge in [-0.25, -0.2) is 0 Å². The Morgan fingerprint density at radius 1 is 0.939 bits per heavy atom. The molecule has 164 valence electrons. The van der Waals surface area contributed by atoms with Gasteiger partial charge in [0.2, 0.25) is 5.91 Å². The summed E-state index contributed by atoms with van der Waals surface area (Å²) in [5.74, 6) is -0.305. The van der Waals surface area contributed by atoms with Crippen molar-refractivity contribution in [3.05, 3.63) is 112 Å². The summed E-state index contributed by atoms with van der Waals surface area (Å²) in [6, 6.07) is 20.2. The Balaban J connectivity index is 1.56. The van der Waals surface area contributed by atoms with E-state index in [1.54, 1.807) is 36.5 Å². The molecule has 3 aromatic carbocycles. The van der Waals surface area contributed by atoms with E-state index < -0.39 is 10.9 Å². The lowest BCUT2D eigenvalue weighted by Crippen LogP contribution is -2.37. The molecule has 0 bridgehead atoms. The van der Waals surface area contributed by atoms with Crippen LogP contribution in [0.1, 0.15) is 18.5 Å². The number of nitrogens with zero attached hydrogens (tertiary/aromatic N) is 1. The monoisotopic (exact) mass is 438 g/mol. The smallest absolute Gasteiger partial charge is 0.253 e. The van der Waals surface area contributed by atoms with Crippen molar-refractivity contribution < 1.29 is 4.79 Å². The van der Waals surface area contributed by atoms with Gasteiger partial charge in [-0.15, -0.1) is 0 Å². The molecule has 1 aromatic heterocycles. The third-order valence-corrected chi connectivity index (χ3v) is 5.21. The van der Waals surface area contributed by atoms with E-state index >= 15 is 0 Å². The number of nitrogens with one attached hydrogen (secondary N) is 3. The molecule has 0 aliphatic rings. The molecular formula is C26H22N4O3. The zero-order valence-corrected chi connectivity index (χ0v) is 18.0. The Hall–Kier alpha value is -4.52. The molecule has 7 nitrogen and oxygen atoms in total. The third kappa shape index (κ3) is 4.72. The summed E-state index contributed by atoms with van der Waals surface area (Å²) in [5, 5.41) is 8.92. The first-order valence-electron chi connectivity index (χ1n) is 10.4. The molecule has 0 aliphatic carbocycles. The van der Waals surface area contributed by atoms with E-state index in [0.717, 1.165) is 11.1 Å². The SMILES string of the molecule is C=CC(=O)Nc1cccc(-c2cc(Nc3c(N[C@H](C)c4ccccc4)c(=O)c3=O)ccn2)c1. The molecule has 0 fully saturated rings. The molecule has 1 heterocycles. The quantitative estimate of drug-likeness (QED) is 0.279. The van der Waals surface area contributed by atoms with Crippen molar-refractivity contribution in [2.45, 2.75) is 13.0 Å². The number of hydrogen-bond acceptors (Lipinski definition) is 6. The van der Waals surface area contributed by atoms with E-state index in [9.17, 15) is 14.4 Å². The highest BCUT2D eigenvalue weighted by molar-refractivity contribution is 5.99. The van der Waals surface area contributed by atoms with Crippen molar-refractivity contribution in [2.75, 3.05) is 16.0 Å². The fourth-order valence-electron chi connectivity index (χ4n) is 3.45. The topological polar surface area (TPSA) is 100 Å². The van der Waals surface area contributed by atoms with Crippen LogP contribution in [-0.4, -0.2) is 10.9 Å². The molecule has 4 aromatic rings. The molecule has 0 saturated heterocycles. The van der Waals surface area contributed by atoms with Crippen LogP contribution in [0.25, 0.3) is 11.3 Å². The second kappa shape index (κ2) is 9.32. The van der Waals surface area contributed by atoms with Crippen LogP contribution in [0.15, 0.2) is 95.2 Å². The van der Waals surface area contributed by atoms with Crippen LogP contribution in [0.4, 0.5) is 22.7 Å². The van der Waals surface area contributed by atoms with Gasteiger partial charge in [0.25, 0.3) is 10.9 Å². The van der Waals surface area contributed by atoms with Crippen molar-refractivity contribution >= 4 is 28.7 Å². The standard InChI is InChI=1S/C26H22N4O3/c1-3-22(31)29-19-11-7-10-18(14-19)21-15-20(12-13-27-21)30-24-23(25(32)26(24)33)28-16(2)17-8-5-4-6-9-17/h3-16,28H,1H2,2H3,(H,27,30)(H,29,31)/t16-/m1/s1. The first-order valence-corrected chi connectivity index (χ1v) is 10.4. The fourth-order valence-corrected chi connectivity index (χ4v) is 3.45. The summed E-state index contributed by atoms with van der Waals surface area (Å²) in [6.07, 6.45) is 2.81. The second-order valence-corrected chi connectivity index (χ2v) is 7.51.